The Balaban J connectivity index is 2.04. The molecule has 0 heterocycles. The van der Waals surface area contributed by atoms with Crippen LogP contribution in [0.2, 0.25) is 0 Å². The van der Waals surface area contributed by atoms with Gasteiger partial charge in [-0.1, -0.05) is 38.1 Å². The molecule has 0 radical (unpaired) electrons. The molecule has 1 unspecified atom stereocenters. The number of hydrogen-bond acceptors (Lipinski definition) is 3. The summed E-state index contributed by atoms with van der Waals surface area (Å²) in [7, 11) is 1.76. The second-order valence-corrected chi connectivity index (χ2v) is 7.19. The number of carbonyl (C=O) groups is 3. The van der Waals surface area contributed by atoms with Gasteiger partial charge < -0.3 is 15.3 Å². The number of carbonyl (C=O) groups excluding carboxylic acids is 2. The van der Waals surface area contributed by atoms with Gasteiger partial charge in [0.1, 0.15) is 0 Å². The lowest BCUT2D eigenvalue weighted by atomic mass is 10.0. The van der Waals surface area contributed by atoms with Gasteiger partial charge in [-0.15, -0.1) is 0 Å². The van der Waals surface area contributed by atoms with Crippen molar-refractivity contribution in [3.63, 3.8) is 0 Å². The Hall–Kier alpha value is -3.15. The molecule has 0 aromatic heterocycles. The van der Waals surface area contributed by atoms with Crippen molar-refractivity contribution in [1.29, 1.82) is 0 Å². The van der Waals surface area contributed by atoms with Gasteiger partial charge in [0.2, 0.25) is 5.91 Å². The molecule has 1 atom stereocenters. The van der Waals surface area contributed by atoms with E-state index in [4.69, 9.17) is 5.11 Å². The predicted octanol–water partition coefficient (Wildman–Crippen LogP) is 3.74. The van der Waals surface area contributed by atoms with Crippen LogP contribution in [0.1, 0.15) is 48.2 Å². The molecule has 148 valence electrons. The van der Waals surface area contributed by atoms with Crippen LogP contribution in [0.15, 0.2) is 48.5 Å². The number of nitrogens with one attached hydrogen (secondary N) is 1. The molecule has 2 rings (SSSR count). The lowest BCUT2D eigenvalue weighted by molar-refractivity contribution is -0.138. The first kappa shape index (κ1) is 21.2. The molecule has 2 aromatic carbocycles. The number of nitrogens with zero attached hydrogens (tertiary/aromatic N) is 1. The number of carboxylic acid groups (broad SMARTS) is 1. The lowest BCUT2D eigenvalue weighted by Crippen LogP contribution is -2.29. The van der Waals surface area contributed by atoms with Gasteiger partial charge in [-0.25, -0.2) is 0 Å². The largest absolute Gasteiger partial charge is 0.481 e. The van der Waals surface area contributed by atoms with Crippen LogP contribution in [0, 0.1) is 5.92 Å². The molecule has 0 aliphatic carbocycles. The van der Waals surface area contributed by atoms with Gasteiger partial charge in [-0.3, -0.25) is 14.4 Å². The van der Waals surface area contributed by atoms with Crippen molar-refractivity contribution >= 4 is 23.5 Å². The summed E-state index contributed by atoms with van der Waals surface area (Å²) >= 11 is 0. The summed E-state index contributed by atoms with van der Waals surface area (Å²) in [6.07, 6.45) is 0. The van der Waals surface area contributed by atoms with E-state index in [0.717, 1.165) is 5.56 Å². The molecule has 0 fully saturated rings. The van der Waals surface area contributed by atoms with E-state index in [9.17, 15) is 14.4 Å². The smallest absolute Gasteiger partial charge is 0.310 e. The van der Waals surface area contributed by atoms with Gasteiger partial charge in [0.25, 0.3) is 5.91 Å². The normalized spacial score (nSPS) is 11.8. The Morgan fingerprint density at radius 3 is 2.25 bits per heavy atom. The van der Waals surface area contributed by atoms with Gasteiger partial charge >= 0.3 is 5.97 Å². The molecule has 0 aliphatic rings. The highest BCUT2D eigenvalue weighted by Crippen LogP contribution is 2.20. The summed E-state index contributed by atoms with van der Waals surface area (Å²) in [6.45, 7) is 5.80. The van der Waals surface area contributed by atoms with E-state index in [1.165, 1.54) is 0 Å². The zero-order chi connectivity index (χ0) is 20.8. The van der Waals surface area contributed by atoms with E-state index in [1.54, 1.807) is 55.3 Å². The highest BCUT2D eigenvalue weighted by Gasteiger charge is 2.15. The molecule has 0 saturated heterocycles. The van der Waals surface area contributed by atoms with Crippen molar-refractivity contribution in [3.8, 4) is 0 Å². The zero-order valence-electron chi connectivity index (χ0n) is 16.6. The first-order valence-electron chi connectivity index (χ1n) is 9.17. The Morgan fingerprint density at radius 1 is 1.04 bits per heavy atom. The third kappa shape index (κ3) is 5.42. The fourth-order valence-electron chi connectivity index (χ4n) is 2.79. The average molecular weight is 382 g/mol. The van der Waals surface area contributed by atoms with Crippen LogP contribution in [-0.4, -0.2) is 34.8 Å². The first-order chi connectivity index (χ1) is 13.2. The molecule has 0 spiro atoms. The van der Waals surface area contributed by atoms with Crippen LogP contribution in [0.3, 0.4) is 0 Å². The maximum Gasteiger partial charge on any atom is 0.310 e. The Bertz CT molecular complexity index is 859. The molecule has 0 saturated carbocycles. The summed E-state index contributed by atoms with van der Waals surface area (Å²) < 4.78 is 0. The quantitative estimate of drug-likeness (QED) is 0.764. The van der Waals surface area contributed by atoms with Crippen molar-refractivity contribution in [2.24, 2.45) is 5.92 Å². The van der Waals surface area contributed by atoms with Gasteiger partial charge in [-0.2, -0.15) is 0 Å². The zero-order valence-corrected chi connectivity index (χ0v) is 16.6. The lowest BCUT2D eigenvalue weighted by Gasteiger charge is -2.19. The molecule has 0 aliphatic heterocycles. The van der Waals surface area contributed by atoms with E-state index < -0.39 is 11.9 Å². The second-order valence-electron chi connectivity index (χ2n) is 7.19. The number of amides is 2. The number of hydrogen-bond donors (Lipinski definition) is 2. The molecule has 2 amide bonds. The molecule has 6 heteroatoms. The third-order valence-corrected chi connectivity index (χ3v) is 4.52. The fraction of sp³-hybridized carbons (Fsp3) is 0.318. The minimum absolute atomic E-state index is 0.0605. The van der Waals surface area contributed by atoms with E-state index in [2.05, 4.69) is 5.32 Å². The molecule has 28 heavy (non-hydrogen) atoms. The van der Waals surface area contributed by atoms with Gasteiger partial charge in [0.05, 0.1) is 5.92 Å². The predicted molar refractivity (Wildman–Crippen MR) is 108 cm³/mol. The third-order valence-electron chi connectivity index (χ3n) is 4.52. The first-order valence-corrected chi connectivity index (χ1v) is 9.17. The Morgan fingerprint density at radius 2 is 1.68 bits per heavy atom. The number of anilines is 1. The summed E-state index contributed by atoms with van der Waals surface area (Å²) in [4.78, 5) is 37.2. The number of rotatable bonds is 7. The minimum atomic E-state index is -0.917. The van der Waals surface area contributed by atoms with Crippen molar-refractivity contribution in [2.45, 2.75) is 33.2 Å². The van der Waals surface area contributed by atoms with Gasteiger partial charge in [0, 0.05) is 30.8 Å². The summed E-state index contributed by atoms with van der Waals surface area (Å²) in [5, 5.41) is 11.9. The van der Waals surface area contributed by atoms with E-state index in [1.807, 2.05) is 26.0 Å². The molecule has 2 N–H and O–H groups in total. The number of benzene rings is 2. The maximum absolute atomic E-state index is 12.5. The summed E-state index contributed by atoms with van der Waals surface area (Å²) in [5.74, 6) is -1.84. The van der Waals surface area contributed by atoms with E-state index in [-0.39, 0.29) is 17.7 Å². The highest BCUT2D eigenvalue weighted by molar-refractivity contribution is 6.04. The topological polar surface area (TPSA) is 86.7 Å². The van der Waals surface area contributed by atoms with Crippen LogP contribution >= 0.6 is 0 Å². The number of aliphatic carboxylic acids is 1. The van der Waals surface area contributed by atoms with Crippen LogP contribution in [0.4, 0.5) is 5.69 Å². The van der Waals surface area contributed by atoms with Crippen molar-refractivity contribution in [2.75, 3.05) is 12.4 Å². The number of carboxylic acids is 1. The monoisotopic (exact) mass is 382 g/mol. The van der Waals surface area contributed by atoms with Crippen molar-refractivity contribution in [1.82, 2.24) is 4.90 Å². The minimum Gasteiger partial charge on any atom is -0.481 e. The van der Waals surface area contributed by atoms with Crippen LogP contribution < -0.4 is 5.32 Å². The van der Waals surface area contributed by atoms with Crippen molar-refractivity contribution in [3.05, 3.63) is 65.2 Å². The van der Waals surface area contributed by atoms with Gasteiger partial charge in [-0.05, 0) is 42.3 Å². The van der Waals surface area contributed by atoms with Gasteiger partial charge in [0.15, 0.2) is 0 Å². The van der Waals surface area contributed by atoms with E-state index >= 15 is 0 Å². The molecule has 2 aromatic rings. The Labute approximate surface area is 165 Å². The molecule has 0 bridgehead atoms. The summed E-state index contributed by atoms with van der Waals surface area (Å²) in [6, 6.07) is 13.9. The van der Waals surface area contributed by atoms with E-state index in [0.29, 0.717) is 23.4 Å². The molecular formula is C22H26N2O4. The fourth-order valence-corrected chi connectivity index (χ4v) is 2.79. The summed E-state index contributed by atoms with van der Waals surface area (Å²) in [5.41, 5.74) is 2.59. The molecular weight excluding hydrogens is 356 g/mol. The Kier molecular flexibility index (Phi) is 6.93. The second kappa shape index (κ2) is 9.17. The molecule has 6 nitrogen and oxygen atoms in total. The SMILES string of the molecule is CC(C)C(=O)N(C)Cc1ccc(C(=O)Nc2cccc(C(C)C(=O)O)c2)cc1. The van der Waals surface area contributed by atoms with Crippen LogP contribution in [0.25, 0.3) is 0 Å². The van der Waals surface area contributed by atoms with Crippen LogP contribution in [-0.2, 0) is 16.1 Å². The maximum atomic E-state index is 12.5. The highest BCUT2D eigenvalue weighted by atomic mass is 16.4. The van der Waals surface area contributed by atoms with Crippen LogP contribution in [0.5, 0.6) is 0 Å². The average Bonchev–Trinajstić information content (AvgIpc) is 2.67. The van der Waals surface area contributed by atoms with Crippen molar-refractivity contribution < 1.29 is 19.5 Å². The standard InChI is InChI=1S/C22H26N2O4/c1-14(2)21(26)24(4)13-16-8-10-17(11-9-16)20(25)23-19-7-5-6-18(12-19)15(3)22(27)28/h5-12,14-15H,13H2,1-4H3,(H,23,25)(H,27,28).